The van der Waals surface area contributed by atoms with E-state index < -0.39 is 6.04 Å². The molecule has 1 unspecified atom stereocenters. The lowest BCUT2D eigenvalue weighted by atomic mass is 9.86. The van der Waals surface area contributed by atoms with Crippen molar-refractivity contribution in [2.24, 2.45) is 11.1 Å². The maximum absolute atomic E-state index is 12.5. The first-order valence-corrected chi connectivity index (χ1v) is 8.62. The smallest absolute Gasteiger partial charge is 0.240 e. The topological polar surface area (TPSA) is 49.6 Å². The Morgan fingerprint density at radius 2 is 1.74 bits per heavy atom. The van der Waals surface area contributed by atoms with Crippen LogP contribution >= 0.6 is 11.6 Å². The molecule has 23 heavy (non-hydrogen) atoms. The molecular formula is C18H28ClN3O. The molecule has 0 aromatic heterocycles. The van der Waals surface area contributed by atoms with Gasteiger partial charge in [0.15, 0.2) is 0 Å². The maximum atomic E-state index is 12.5. The number of hydrogen-bond acceptors (Lipinski definition) is 3. The zero-order chi connectivity index (χ0) is 17.2. The van der Waals surface area contributed by atoms with Crippen LogP contribution < -0.4 is 5.73 Å². The summed E-state index contributed by atoms with van der Waals surface area (Å²) in [4.78, 5) is 16.8. The minimum absolute atomic E-state index is 0.0579. The Labute approximate surface area is 144 Å². The zero-order valence-corrected chi connectivity index (χ0v) is 15.3. The predicted octanol–water partition coefficient (Wildman–Crippen LogP) is 2.92. The molecule has 1 saturated heterocycles. The Kier molecular flexibility index (Phi) is 5.71. The molecule has 0 radical (unpaired) electrons. The lowest BCUT2D eigenvalue weighted by molar-refractivity contribution is -0.137. The van der Waals surface area contributed by atoms with Crippen molar-refractivity contribution in [3.05, 3.63) is 34.9 Å². The van der Waals surface area contributed by atoms with Crippen LogP contribution in [0.4, 0.5) is 0 Å². The third kappa shape index (κ3) is 4.25. The lowest BCUT2D eigenvalue weighted by Gasteiger charge is -2.40. The molecule has 1 aliphatic heterocycles. The van der Waals surface area contributed by atoms with Gasteiger partial charge in [-0.25, -0.2) is 0 Å². The van der Waals surface area contributed by atoms with Gasteiger partial charge in [-0.1, -0.05) is 50.6 Å². The number of nitrogens with zero attached hydrogens (tertiary/aromatic N) is 2. The van der Waals surface area contributed by atoms with Gasteiger partial charge in [0.25, 0.3) is 0 Å². The SMILES string of the molecule is CC(c1ccccc1Cl)N1CCN(C(=O)[C@@H](N)C(C)(C)C)CC1. The van der Waals surface area contributed by atoms with Crippen molar-refractivity contribution >= 4 is 17.5 Å². The minimum atomic E-state index is -0.449. The molecule has 5 heteroatoms. The molecule has 0 saturated carbocycles. The second-order valence-electron chi connectivity index (χ2n) is 7.40. The second-order valence-corrected chi connectivity index (χ2v) is 7.81. The van der Waals surface area contributed by atoms with Gasteiger partial charge in [0.1, 0.15) is 0 Å². The summed E-state index contributed by atoms with van der Waals surface area (Å²) in [5.41, 5.74) is 7.04. The second kappa shape index (κ2) is 7.20. The molecule has 1 aromatic rings. The number of piperazine rings is 1. The first-order chi connectivity index (χ1) is 10.7. The largest absolute Gasteiger partial charge is 0.339 e. The number of nitrogens with two attached hydrogens (primary N) is 1. The fraction of sp³-hybridized carbons (Fsp3) is 0.611. The quantitative estimate of drug-likeness (QED) is 0.922. The third-order valence-electron chi connectivity index (χ3n) is 4.73. The molecule has 1 amide bonds. The molecule has 0 spiro atoms. The number of halogens is 1. The fourth-order valence-electron chi connectivity index (χ4n) is 2.91. The summed E-state index contributed by atoms with van der Waals surface area (Å²) in [6.45, 7) is 11.3. The van der Waals surface area contributed by atoms with Crippen LogP contribution in [0.5, 0.6) is 0 Å². The van der Waals surface area contributed by atoms with E-state index in [0.29, 0.717) is 0 Å². The van der Waals surface area contributed by atoms with E-state index in [-0.39, 0.29) is 17.4 Å². The molecule has 0 aliphatic carbocycles. The van der Waals surface area contributed by atoms with E-state index in [2.05, 4.69) is 17.9 Å². The predicted molar refractivity (Wildman–Crippen MR) is 95.5 cm³/mol. The Bertz CT molecular complexity index is 547. The summed E-state index contributed by atoms with van der Waals surface area (Å²) in [5, 5.41) is 0.799. The molecule has 1 aromatic carbocycles. The molecule has 0 bridgehead atoms. The highest BCUT2D eigenvalue weighted by Gasteiger charge is 2.33. The summed E-state index contributed by atoms with van der Waals surface area (Å²) in [6.07, 6.45) is 0. The normalized spacial score (nSPS) is 19.5. The molecule has 1 aliphatic rings. The van der Waals surface area contributed by atoms with Crippen LogP contribution in [-0.4, -0.2) is 47.9 Å². The van der Waals surface area contributed by atoms with E-state index in [1.54, 1.807) is 0 Å². The number of amides is 1. The third-order valence-corrected chi connectivity index (χ3v) is 5.07. The van der Waals surface area contributed by atoms with E-state index in [4.69, 9.17) is 17.3 Å². The van der Waals surface area contributed by atoms with Crippen LogP contribution in [-0.2, 0) is 4.79 Å². The number of benzene rings is 1. The van der Waals surface area contributed by atoms with Gasteiger partial charge < -0.3 is 10.6 Å². The van der Waals surface area contributed by atoms with E-state index in [1.165, 1.54) is 0 Å². The van der Waals surface area contributed by atoms with Gasteiger partial charge in [0.2, 0.25) is 5.91 Å². The van der Waals surface area contributed by atoms with Gasteiger partial charge in [0, 0.05) is 37.2 Å². The van der Waals surface area contributed by atoms with Crippen molar-refractivity contribution in [2.75, 3.05) is 26.2 Å². The summed E-state index contributed by atoms with van der Waals surface area (Å²) in [5.74, 6) is 0.0579. The molecule has 4 nitrogen and oxygen atoms in total. The van der Waals surface area contributed by atoms with Gasteiger partial charge in [0.05, 0.1) is 6.04 Å². The van der Waals surface area contributed by atoms with Crippen LogP contribution in [0, 0.1) is 5.41 Å². The van der Waals surface area contributed by atoms with E-state index in [0.717, 1.165) is 36.8 Å². The van der Waals surface area contributed by atoms with Crippen molar-refractivity contribution in [2.45, 2.75) is 39.8 Å². The molecule has 1 fully saturated rings. The lowest BCUT2D eigenvalue weighted by Crippen LogP contribution is -2.56. The monoisotopic (exact) mass is 337 g/mol. The molecule has 2 rings (SSSR count). The zero-order valence-electron chi connectivity index (χ0n) is 14.6. The average Bonchev–Trinajstić information content (AvgIpc) is 2.52. The van der Waals surface area contributed by atoms with Gasteiger partial charge in [-0.15, -0.1) is 0 Å². The Balaban J connectivity index is 1.96. The molecule has 2 atom stereocenters. The number of carbonyl (C=O) groups is 1. The Hall–Kier alpha value is -1.10. The van der Waals surface area contributed by atoms with Crippen molar-refractivity contribution in [1.29, 1.82) is 0 Å². The van der Waals surface area contributed by atoms with Crippen molar-refractivity contribution in [3.63, 3.8) is 0 Å². The molecule has 2 N–H and O–H groups in total. The first kappa shape index (κ1) is 18.2. The summed E-state index contributed by atoms with van der Waals surface area (Å²) in [7, 11) is 0. The molecular weight excluding hydrogens is 310 g/mol. The molecule has 128 valence electrons. The standard InChI is InChI=1S/C18H28ClN3O/c1-13(14-7-5-6-8-15(14)19)21-9-11-22(12-10-21)17(23)16(20)18(2,3)4/h5-8,13,16H,9-12,20H2,1-4H3/t13?,16-/m1/s1. The molecule has 1 heterocycles. The van der Waals surface area contributed by atoms with E-state index in [1.807, 2.05) is 43.9 Å². The van der Waals surface area contributed by atoms with Crippen molar-refractivity contribution in [1.82, 2.24) is 9.80 Å². The first-order valence-electron chi connectivity index (χ1n) is 8.24. The van der Waals surface area contributed by atoms with Crippen LogP contribution in [0.2, 0.25) is 5.02 Å². The number of hydrogen-bond donors (Lipinski definition) is 1. The highest BCUT2D eigenvalue weighted by atomic mass is 35.5. The Morgan fingerprint density at radius 3 is 2.26 bits per heavy atom. The average molecular weight is 338 g/mol. The van der Waals surface area contributed by atoms with Crippen molar-refractivity contribution < 1.29 is 4.79 Å². The van der Waals surface area contributed by atoms with Crippen LogP contribution in [0.15, 0.2) is 24.3 Å². The highest BCUT2D eigenvalue weighted by molar-refractivity contribution is 6.31. The minimum Gasteiger partial charge on any atom is -0.339 e. The highest BCUT2D eigenvalue weighted by Crippen LogP contribution is 2.28. The van der Waals surface area contributed by atoms with Gasteiger partial charge in [-0.3, -0.25) is 9.69 Å². The summed E-state index contributed by atoms with van der Waals surface area (Å²) < 4.78 is 0. The Morgan fingerprint density at radius 1 is 1.17 bits per heavy atom. The fourth-order valence-corrected chi connectivity index (χ4v) is 3.20. The number of carbonyl (C=O) groups excluding carboxylic acids is 1. The van der Waals surface area contributed by atoms with Gasteiger partial charge in [-0.05, 0) is 24.0 Å². The summed E-state index contributed by atoms with van der Waals surface area (Å²) in [6, 6.07) is 7.76. The van der Waals surface area contributed by atoms with Gasteiger partial charge >= 0.3 is 0 Å². The van der Waals surface area contributed by atoms with E-state index >= 15 is 0 Å². The maximum Gasteiger partial charge on any atom is 0.240 e. The number of rotatable bonds is 3. The van der Waals surface area contributed by atoms with Crippen molar-refractivity contribution in [3.8, 4) is 0 Å². The summed E-state index contributed by atoms with van der Waals surface area (Å²) >= 11 is 6.30. The van der Waals surface area contributed by atoms with Crippen LogP contribution in [0.25, 0.3) is 0 Å². The van der Waals surface area contributed by atoms with Gasteiger partial charge in [-0.2, -0.15) is 0 Å². The van der Waals surface area contributed by atoms with E-state index in [9.17, 15) is 4.79 Å². The van der Waals surface area contributed by atoms with Crippen LogP contribution in [0.3, 0.4) is 0 Å². The van der Waals surface area contributed by atoms with Crippen LogP contribution in [0.1, 0.15) is 39.3 Å².